The molecule has 0 saturated carbocycles. The van der Waals surface area contributed by atoms with Crippen molar-refractivity contribution in [3.8, 4) is 0 Å². The summed E-state index contributed by atoms with van der Waals surface area (Å²) >= 11 is 6.80. The van der Waals surface area contributed by atoms with Gasteiger partial charge in [0.15, 0.2) is 0 Å². The van der Waals surface area contributed by atoms with Gasteiger partial charge in [-0.1, -0.05) is 84.0 Å². The van der Waals surface area contributed by atoms with Gasteiger partial charge in [-0.05, 0) is 44.3 Å². The molecule has 0 radical (unpaired) electrons. The van der Waals surface area contributed by atoms with Crippen molar-refractivity contribution in [1.29, 1.82) is 0 Å². The minimum Gasteiger partial charge on any atom is -0.0859 e. The summed E-state index contributed by atoms with van der Waals surface area (Å²) in [7, 11) is -0.845. The Morgan fingerprint density at radius 1 is 0.500 bits per heavy atom. The van der Waals surface area contributed by atoms with Crippen LogP contribution in [0.15, 0.2) is 84.9 Å². The molecule has 0 saturated heterocycles. The lowest BCUT2D eigenvalue weighted by molar-refractivity contribution is 1.77. The molecule has 0 heterocycles. The van der Waals surface area contributed by atoms with Gasteiger partial charge in [0.25, 0.3) is 0 Å². The van der Waals surface area contributed by atoms with Crippen LogP contribution in [-0.4, -0.2) is 0 Å². The van der Waals surface area contributed by atoms with E-state index in [1.165, 1.54) is 32.2 Å². The summed E-state index contributed by atoms with van der Waals surface area (Å²) in [5, 5.41) is 7.40. The highest BCUT2D eigenvalue weighted by Crippen LogP contribution is 2.40. The van der Waals surface area contributed by atoms with Gasteiger partial charge in [0.05, 0.1) is 7.27 Å². The molecule has 4 rings (SSSR count). The molecule has 0 unspecified atom stereocenters. The molecule has 0 N–H and O–H groups in total. The van der Waals surface area contributed by atoms with Crippen LogP contribution in [-0.2, 0) is 0 Å². The van der Waals surface area contributed by atoms with E-state index in [0.717, 1.165) is 0 Å². The van der Waals surface area contributed by atoms with Crippen LogP contribution in [0, 0.1) is 0 Å². The molecule has 0 amide bonds. The van der Waals surface area contributed by atoms with Crippen molar-refractivity contribution in [2.75, 3.05) is 0 Å². The Morgan fingerprint density at radius 3 is 1.36 bits per heavy atom. The Hall–Kier alpha value is -1.88. The van der Waals surface area contributed by atoms with Gasteiger partial charge in [0, 0.05) is 0 Å². The standard InChI is InChI=1S/C20H14ClP/c21-22(19-11-9-15-5-1-3-7-17(15)13-19)20-12-10-16-6-2-4-8-18(16)14-20/h1-14H. The molecule has 4 aromatic carbocycles. The van der Waals surface area contributed by atoms with E-state index in [4.69, 9.17) is 11.2 Å². The Morgan fingerprint density at radius 2 is 0.909 bits per heavy atom. The molecule has 106 valence electrons. The van der Waals surface area contributed by atoms with Crippen LogP contribution in [0.1, 0.15) is 0 Å². The fourth-order valence-corrected chi connectivity index (χ4v) is 4.59. The van der Waals surface area contributed by atoms with Crippen LogP contribution in [0.4, 0.5) is 0 Å². The van der Waals surface area contributed by atoms with Gasteiger partial charge >= 0.3 is 0 Å². The Kier molecular flexibility index (Phi) is 3.58. The summed E-state index contributed by atoms with van der Waals surface area (Å²) in [4.78, 5) is 0. The summed E-state index contributed by atoms with van der Waals surface area (Å²) in [6.45, 7) is 0. The van der Waals surface area contributed by atoms with Crippen LogP contribution in [0.25, 0.3) is 21.5 Å². The predicted octanol–water partition coefficient (Wildman–Crippen LogP) is 5.58. The molecule has 0 aliphatic carbocycles. The van der Waals surface area contributed by atoms with Crippen LogP contribution >= 0.6 is 18.5 Å². The molecule has 0 aliphatic heterocycles. The largest absolute Gasteiger partial charge is 0.0859 e. The second-order valence-corrected chi connectivity index (χ2v) is 7.95. The highest BCUT2D eigenvalue weighted by molar-refractivity contribution is 7.95. The van der Waals surface area contributed by atoms with E-state index < -0.39 is 7.27 Å². The quantitative estimate of drug-likeness (QED) is 0.423. The predicted molar refractivity (Wildman–Crippen MR) is 99.9 cm³/mol. The first-order valence-corrected chi connectivity index (χ1v) is 9.49. The lowest BCUT2D eigenvalue weighted by atomic mass is 10.1. The summed E-state index contributed by atoms with van der Waals surface area (Å²) in [6.07, 6.45) is 0. The summed E-state index contributed by atoms with van der Waals surface area (Å²) in [5.74, 6) is 0. The van der Waals surface area contributed by atoms with E-state index in [0.29, 0.717) is 0 Å². The molecular formula is C20H14ClP. The second kappa shape index (κ2) is 5.72. The third-order valence-corrected chi connectivity index (χ3v) is 6.55. The fraction of sp³-hybridized carbons (Fsp3) is 0. The molecule has 22 heavy (non-hydrogen) atoms. The van der Waals surface area contributed by atoms with E-state index in [2.05, 4.69) is 84.9 Å². The summed E-state index contributed by atoms with van der Waals surface area (Å²) in [6, 6.07) is 29.8. The van der Waals surface area contributed by atoms with Crippen molar-refractivity contribution in [2.45, 2.75) is 0 Å². The average Bonchev–Trinajstić information content (AvgIpc) is 2.60. The van der Waals surface area contributed by atoms with Crippen molar-refractivity contribution in [3.63, 3.8) is 0 Å². The van der Waals surface area contributed by atoms with E-state index in [9.17, 15) is 0 Å². The van der Waals surface area contributed by atoms with Crippen molar-refractivity contribution >= 4 is 50.7 Å². The number of fused-ring (bicyclic) bond motifs is 2. The molecule has 0 spiro atoms. The molecular weight excluding hydrogens is 307 g/mol. The molecule has 0 bridgehead atoms. The second-order valence-electron chi connectivity index (χ2n) is 5.34. The first-order valence-electron chi connectivity index (χ1n) is 7.25. The van der Waals surface area contributed by atoms with Crippen LogP contribution in [0.3, 0.4) is 0 Å². The van der Waals surface area contributed by atoms with Crippen LogP contribution in [0.2, 0.25) is 0 Å². The Bertz CT molecular complexity index is 882. The monoisotopic (exact) mass is 320 g/mol. The zero-order valence-electron chi connectivity index (χ0n) is 11.9. The number of halogens is 1. The van der Waals surface area contributed by atoms with Gasteiger partial charge in [-0.3, -0.25) is 0 Å². The minimum absolute atomic E-state index is 0.845. The van der Waals surface area contributed by atoms with Gasteiger partial charge in [-0.15, -0.1) is 0 Å². The zero-order chi connectivity index (χ0) is 14.9. The van der Waals surface area contributed by atoms with E-state index in [1.54, 1.807) is 0 Å². The molecule has 0 atom stereocenters. The van der Waals surface area contributed by atoms with E-state index in [1.807, 2.05) is 0 Å². The zero-order valence-corrected chi connectivity index (χ0v) is 13.6. The number of benzene rings is 4. The third-order valence-electron chi connectivity index (χ3n) is 3.92. The maximum Gasteiger partial charge on any atom is 0.0524 e. The fourth-order valence-electron chi connectivity index (χ4n) is 2.75. The number of hydrogen-bond donors (Lipinski definition) is 0. The van der Waals surface area contributed by atoms with Gasteiger partial charge < -0.3 is 0 Å². The minimum atomic E-state index is -0.845. The topological polar surface area (TPSA) is 0 Å². The number of hydrogen-bond acceptors (Lipinski definition) is 0. The van der Waals surface area contributed by atoms with Crippen molar-refractivity contribution < 1.29 is 0 Å². The maximum atomic E-state index is 6.80. The highest BCUT2D eigenvalue weighted by Gasteiger charge is 2.11. The third kappa shape index (κ3) is 2.50. The highest BCUT2D eigenvalue weighted by atomic mass is 35.7. The lowest BCUT2D eigenvalue weighted by Gasteiger charge is -2.12. The van der Waals surface area contributed by atoms with Crippen LogP contribution < -0.4 is 10.6 Å². The molecule has 2 heteroatoms. The Labute approximate surface area is 135 Å². The molecule has 0 aliphatic rings. The van der Waals surface area contributed by atoms with Crippen molar-refractivity contribution in [1.82, 2.24) is 0 Å². The average molecular weight is 321 g/mol. The maximum absolute atomic E-state index is 6.80. The smallest absolute Gasteiger partial charge is 0.0524 e. The van der Waals surface area contributed by atoms with Gasteiger partial charge in [-0.2, -0.15) is 0 Å². The van der Waals surface area contributed by atoms with Crippen molar-refractivity contribution in [2.24, 2.45) is 0 Å². The number of rotatable bonds is 2. The first kappa shape index (κ1) is 13.8. The molecule has 0 aromatic heterocycles. The Balaban J connectivity index is 1.78. The summed E-state index contributed by atoms with van der Waals surface area (Å²) in [5.41, 5.74) is 0. The van der Waals surface area contributed by atoms with E-state index >= 15 is 0 Å². The van der Waals surface area contributed by atoms with E-state index in [-0.39, 0.29) is 0 Å². The SMILES string of the molecule is ClP(c1ccc2ccccc2c1)c1ccc2ccccc2c1. The lowest BCUT2D eigenvalue weighted by Crippen LogP contribution is -2.07. The van der Waals surface area contributed by atoms with Gasteiger partial charge in [-0.25, -0.2) is 0 Å². The normalized spacial score (nSPS) is 11.4. The molecule has 0 fully saturated rings. The van der Waals surface area contributed by atoms with Gasteiger partial charge in [0.2, 0.25) is 0 Å². The molecule has 4 aromatic rings. The van der Waals surface area contributed by atoms with Crippen molar-refractivity contribution in [3.05, 3.63) is 84.9 Å². The first-order chi connectivity index (χ1) is 10.8. The van der Waals surface area contributed by atoms with Gasteiger partial charge in [0.1, 0.15) is 0 Å². The van der Waals surface area contributed by atoms with Crippen LogP contribution in [0.5, 0.6) is 0 Å². The summed E-state index contributed by atoms with van der Waals surface area (Å²) < 4.78 is 0. The molecule has 0 nitrogen and oxygen atoms in total.